The van der Waals surface area contributed by atoms with E-state index in [4.69, 9.17) is 0 Å². The van der Waals surface area contributed by atoms with Crippen molar-refractivity contribution in [3.8, 4) is 23.0 Å². The van der Waals surface area contributed by atoms with Gasteiger partial charge in [-0.15, -0.1) is 0 Å². The standard InChI is InChI=1S/C33H38F6/c1-2-3-4-22-7-12-25(13-8-22)26-14-9-23(10-15-26)5-6-24-11-16-28(30(34)19-24)27-20-31(35)29(32(36)21-27)17-18-33(37,38)39/h11,16,19-23,25-26H,2-10,12-15H2,1H3. The molecular formula is C33H38F6. The monoisotopic (exact) mass is 548 g/mol. The van der Waals surface area contributed by atoms with Crippen molar-refractivity contribution in [2.45, 2.75) is 96.6 Å². The number of aryl methyl sites for hydroxylation is 1. The van der Waals surface area contributed by atoms with Crippen molar-refractivity contribution in [2.75, 3.05) is 0 Å². The predicted octanol–water partition coefficient (Wildman–Crippen LogP) is 10.4. The maximum Gasteiger partial charge on any atom is 0.458 e. The van der Waals surface area contributed by atoms with Gasteiger partial charge in [0.25, 0.3) is 0 Å². The SMILES string of the molecule is CCCCC1CCC(C2CCC(CCc3ccc(-c4cc(F)c(C#CC(F)(F)F)c(F)c4)c(F)c3)CC2)CC1. The van der Waals surface area contributed by atoms with E-state index in [9.17, 15) is 26.3 Å². The van der Waals surface area contributed by atoms with E-state index in [-0.39, 0.29) is 11.1 Å². The van der Waals surface area contributed by atoms with E-state index >= 15 is 0 Å². The van der Waals surface area contributed by atoms with Crippen LogP contribution in [0.15, 0.2) is 30.3 Å². The molecule has 0 unspecified atom stereocenters. The maximum atomic E-state index is 14.9. The Bertz CT molecular complexity index is 1130. The number of hydrogen-bond acceptors (Lipinski definition) is 0. The van der Waals surface area contributed by atoms with Crippen LogP contribution in [-0.2, 0) is 6.42 Å². The Hall–Kier alpha value is -2.42. The van der Waals surface area contributed by atoms with Gasteiger partial charge in [-0.1, -0.05) is 69.9 Å². The average molecular weight is 549 g/mol. The average Bonchev–Trinajstić information content (AvgIpc) is 2.90. The lowest BCUT2D eigenvalue weighted by molar-refractivity contribution is -0.0696. The molecule has 2 aliphatic carbocycles. The fraction of sp³-hybridized carbons (Fsp3) is 0.576. The van der Waals surface area contributed by atoms with Crippen molar-refractivity contribution < 1.29 is 26.3 Å². The predicted molar refractivity (Wildman–Crippen MR) is 143 cm³/mol. The fourth-order valence-corrected chi connectivity index (χ4v) is 6.69. The highest BCUT2D eigenvalue weighted by Gasteiger charge is 2.30. The van der Waals surface area contributed by atoms with Gasteiger partial charge in [-0.25, -0.2) is 13.2 Å². The number of halogens is 6. The van der Waals surface area contributed by atoms with Gasteiger partial charge in [-0.3, -0.25) is 0 Å². The zero-order valence-electron chi connectivity index (χ0n) is 22.7. The summed E-state index contributed by atoms with van der Waals surface area (Å²) in [7, 11) is 0. The molecule has 0 heterocycles. The summed E-state index contributed by atoms with van der Waals surface area (Å²) in [5.74, 6) is 2.55. The molecule has 2 aromatic rings. The summed E-state index contributed by atoms with van der Waals surface area (Å²) >= 11 is 0. The third kappa shape index (κ3) is 8.29. The molecular weight excluding hydrogens is 510 g/mol. The van der Waals surface area contributed by atoms with Crippen LogP contribution in [0, 0.1) is 53.0 Å². The second-order valence-electron chi connectivity index (χ2n) is 11.6. The number of rotatable bonds is 8. The zero-order valence-corrected chi connectivity index (χ0v) is 22.7. The summed E-state index contributed by atoms with van der Waals surface area (Å²) in [6.07, 6.45) is 11.6. The highest BCUT2D eigenvalue weighted by atomic mass is 19.4. The molecule has 6 heteroatoms. The minimum atomic E-state index is -4.87. The lowest BCUT2D eigenvalue weighted by Crippen LogP contribution is -2.26. The molecule has 0 radical (unpaired) electrons. The van der Waals surface area contributed by atoms with Gasteiger partial charge in [0.15, 0.2) is 0 Å². The molecule has 0 atom stereocenters. The van der Waals surface area contributed by atoms with E-state index in [0.717, 1.165) is 54.2 Å². The highest BCUT2D eigenvalue weighted by Crippen LogP contribution is 2.43. The Morgan fingerprint density at radius 3 is 1.82 bits per heavy atom. The van der Waals surface area contributed by atoms with Crippen LogP contribution in [0.3, 0.4) is 0 Å². The second-order valence-corrected chi connectivity index (χ2v) is 11.6. The molecule has 0 bridgehead atoms. The Balaban J connectivity index is 1.28. The van der Waals surface area contributed by atoms with Crippen LogP contribution in [0.25, 0.3) is 11.1 Å². The third-order valence-corrected chi connectivity index (χ3v) is 8.97. The van der Waals surface area contributed by atoms with Crippen LogP contribution >= 0.6 is 0 Å². The topological polar surface area (TPSA) is 0 Å². The minimum Gasteiger partial charge on any atom is -0.206 e. The molecule has 4 rings (SSSR count). The summed E-state index contributed by atoms with van der Waals surface area (Å²) in [6.45, 7) is 2.27. The molecule has 0 aromatic heterocycles. The van der Waals surface area contributed by atoms with Gasteiger partial charge in [0.1, 0.15) is 17.5 Å². The van der Waals surface area contributed by atoms with Crippen molar-refractivity contribution in [3.05, 3.63) is 58.9 Å². The molecule has 0 N–H and O–H groups in total. The van der Waals surface area contributed by atoms with Crippen molar-refractivity contribution in [3.63, 3.8) is 0 Å². The smallest absolute Gasteiger partial charge is 0.206 e. The Morgan fingerprint density at radius 1 is 0.744 bits per heavy atom. The van der Waals surface area contributed by atoms with Gasteiger partial charge in [0.05, 0.1) is 5.56 Å². The number of unbranched alkanes of at least 4 members (excludes halogenated alkanes) is 1. The van der Waals surface area contributed by atoms with Crippen molar-refractivity contribution in [1.82, 2.24) is 0 Å². The first kappa shape index (κ1) is 29.6. The van der Waals surface area contributed by atoms with Crippen LogP contribution in [0.4, 0.5) is 26.3 Å². The number of hydrogen-bond donors (Lipinski definition) is 0. The van der Waals surface area contributed by atoms with Gasteiger partial charge in [-0.2, -0.15) is 13.2 Å². The molecule has 2 aromatic carbocycles. The quantitative estimate of drug-likeness (QED) is 0.227. The minimum absolute atomic E-state index is 0.00296. The second kappa shape index (κ2) is 13.3. The van der Waals surface area contributed by atoms with E-state index in [2.05, 4.69) is 6.92 Å². The van der Waals surface area contributed by atoms with E-state index in [1.807, 2.05) is 0 Å². The number of alkyl halides is 3. The molecule has 2 saturated carbocycles. The fourth-order valence-electron chi connectivity index (χ4n) is 6.69. The van der Waals surface area contributed by atoms with Crippen LogP contribution in [0.1, 0.15) is 95.1 Å². The largest absolute Gasteiger partial charge is 0.458 e. The highest BCUT2D eigenvalue weighted by molar-refractivity contribution is 5.66. The van der Waals surface area contributed by atoms with Crippen LogP contribution in [0.2, 0.25) is 0 Å². The first-order valence-corrected chi connectivity index (χ1v) is 14.5. The van der Waals surface area contributed by atoms with Gasteiger partial charge in [-0.05, 0) is 91.5 Å². The molecule has 0 amide bonds. The van der Waals surface area contributed by atoms with Crippen molar-refractivity contribution in [2.24, 2.45) is 23.7 Å². The summed E-state index contributed by atoms with van der Waals surface area (Å²) in [4.78, 5) is 0. The van der Waals surface area contributed by atoms with Crippen LogP contribution in [-0.4, -0.2) is 6.18 Å². The Kier molecular flexibility index (Phi) is 10.1. The van der Waals surface area contributed by atoms with E-state index < -0.39 is 29.2 Å². The molecule has 212 valence electrons. The molecule has 39 heavy (non-hydrogen) atoms. The van der Waals surface area contributed by atoms with Crippen LogP contribution in [0.5, 0.6) is 0 Å². The molecule has 0 saturated heterocycles. The zero-order chi connectivity index (χ0) is 28.0. The summed E-state index contributed by atoms with van der Waals surface area (Å²) in [6, 6.07) is 6.27. The van der Waals surface area contributed by atoms with Crippen LogP contribution < -0.4 is 0 Å². The van der Waals surface area contributed by atoms with Gasteiger partial charge in [0.2, 0.25) is 0 Å². The maximum absolute atomic E-state index is 14.9. The third-order valence-electron chi connectivity index (χ3n) is 8.97. The normalized spacial score (nSPS) is 23.8. The summed E-state index contributed by atoms with van der Waals surface area (Å²) in [5, 5.41) is 0. The van der Waals surface area contributed by atoms with Gasteiger partial charge >= 0.3 is 6.18 Å². The number of benzene rings is 2. The first-order chi connectivity index (χ1) is 18.6. The van der Waals surface area contributed by atoms with E-state index in [1.165, 1.54) is 88.7 Å². The van der Waals surface area contributed by atoms with Gasteiger partial charge in [0, 0.05) is 11.5 Å². The summed E-state index contributed by atoms with van der Waals surface area (Å²) in [5.41, 5.74) is -0.235. The lowest BCUT2D eigenvalue weighted by atomic mass is 9.68. The lowest BCUT2D eigenvalue weighted by Gasteiger charge is -2.38. The molecule has 2 fully saturated rings. The Morgan fingerprint density at radius 2 is 1.31 bits per heavy atom. The molecule has 2 aliphatic rings. The Labute approximate surface area is 228 Å². The summed E-state index contributed by atoms with van der Waals surface area (Å²) < 4.78 is 80.3. The van der Waals surface area contributed by atoms with Crippen molar-refractivity contribution in [1.29, 1.82) is 0 Å². The molecule has 0 spiro atoms. The van der Waals surface area contributed by atoms with E-state index in [1.54, 1.807) is 6.07 Å². The molecule has 0 aliphatic heterocycles. The van der Waals surface area contributed by atoms with E-state index in [0.29, 0.717) is 5.92 Å². The first-order valence-electron chi connectivity index (χ1n) is 14.5. The van der Waals surface area contributed by atoms with Crippen molar-refractivity contribution >= 4 is 0 Å². The van der Waals surface area contributed by atoms with Gasteiger partial charge < -0.3 is 0 Å². The molecule has 0 nitrogen and oxygen atoms in total.